The van der Waals surface area contributed by atoms with Crippen LogP contribution >= 0.6 is 0 Å². The molecule has 0 fully saturated rings. The summed E-state index contributed by atoms with van der Waals surface area (Å²) in [5, 5.41) is 111. The van der Waals surface area contributed by atoms with E-state index in [1.54, 1.807) is 30.3 Å². The molecule has 9 aromatic carbocycles. The van der Waals surface area contributed by atoms with Crippen molar-refractivity contribution in [1.29, 1.82) is 0 Å². The number of phenols is 10. The Morgan fingerprint density at radius 1 is 0.318 bits per heavy atom. The predicted octanol–water partition coefficient (Wildman–Crippen LogP) is 10.3. The summed E-state index contributed by atoms with van der Waals surface area (Å²) in [7, 11) is 0. The maximum absolute atomic E-state index is 11.7. The van der Waals surface area contributed by atoms with Gasteiger partial charge in [0.2, 0.25) is 23.0 Å². The van der Waals surface area contributed by atoms with Gasteiger partial charge in [0, 0.05) is 54.2 Å². The Balaban J connectivity index is 1.15. The zero-order chi connectivity index (χ0) is 45.4. The number of aromatic hydroxyl groups is 10. The molecule has 15 heteroatoms. The number of para-hydroxylation sites is 2. The van der Waals surface area contributed by atoms with Crippen molar-refractivity contribution in [2.24, 2.45) is 0 Å². The first-order valence-corrected chi connectivity index (χ1v) is 20.3. The van der Waals surface area contributed by atoms with Gasteiger partial charge in [0.15, 0.2) is 57.6 Å². The van der Waals surface area contributed by atoms with Crippen LogP contribution in [0.5, 0.6) is 57.5 Å². The van der Waals surface area contributed by atoms with Gasteiger partial charge in [0.1, 0.15) is 16.6 Å². The van der Waals surface area contributed by atoms with Crippen molar-refractivity contribution in [2.75, 3.05) is 0 Å². The number of hydrogen-bond acceptors (Lipinski definition) is 14. The van der Waals surface area contributed by atoms with E-state index in [1.165, 1.54) is 4.57 Å². The van der Waals surface area contributed by atoms with Crippen LogP contribution < -0.4 is 0 Å². The molecule has 0 amide bonds. The van der Waals surface area contributed by atoms with Gasteiger partial charge in [-0.25, -0.2) is 15.0 Å². The Morgan fingerprint density at radius 3 is 1.24 bits per heavy atom. The van der Waals surface area contributed by atoms with Crippen LogP contribution in [0.3, 0.4) is 0 Å². The molecule has 0 radical (unpaired) electrons. The molecule has 0 aliphatic heterocycles. The van der Waals surface area contributed by atoms with Crippen molar-refractivity contribution in [2.45, 2.75) is 0 Å². The van der Waals surface area contributed by atoms with E-state index < -0.39 is 79.0 Å². The van der Waals surface area contributed by atoms with Crippen LogP contribution in [0.1, 0.15) is 0 Å². The molecule has 0 aliphatic rings. The van der Waals surface area contributed by atoms with Gasteiger partial charge >= 0.3 is 0 Å². The normalized spacial score (nSPS) is 11.9. The summed E-state index contributed by atoms with van der Waals surface area (Å²) in [4.78, 5) is 14.8. The van der Waals surface area contributed by atoms with Gasteiger partial charge in [-0.2, -0.15) is 0 Å². The maximum atomic E-state index is 11.7. The second-order valence-corrected chi connectivity index (χ2v) is 15.8. The Kier molecular flexibility index (Phi) is 7.75. The number of hydrogen-bond donors (Lipinski definition) is 10. The van der Waals surface area contributed by atoms with Crippen LogP contribution in [0, 0.1) is 0 Å². The van der Waals surface area contributed by atoms with Crippen LogP contribution in [0.4, 0.5) is 0 Å². The second kappa shape index (κ2) is 13.4. The predicted molar refractivity (Wildman–Crippen MR) is 246 cm³/mol. The molecular weight excluding hydrogens is 845 g/mol. The zero-order valence-corrected chi connectivity index (χ0v) is 33.7. The molecule has 3 aromatic heterocycles. The highest BCUT2D eigenvalue weighted by molar-refractivity contribution is 6.41. The molecule has 0 unspecified atom stereocenters. The molecule has 3 heterocycles. The minimum Gasteiger partial charge on any atom is -0.504 e. The first-order chi connectivity index (χ1) is 31.9. The summed E-state index contributed by atoms with van der Waals surface area (Å²) in [6.07, 6.45) is 0. The van der Waals surface area contributed by atoms with Crippen LogP contribution in [0.25, 0.3) is 116 Å². The Morgan fingerprint density at radius 2 is 0.712 bits per heavy atom. The first-order valence-electron chi connectivity index (χ1n) is 20.3. The van der Waals surface area contributed by atoms with Crippen LogP contribution in [-0.2, 0) is 0 Å². The monoisotopic (exact) mass is 874 g/mol. The van der Waals surface area contributed by atoms with Gasteiger partial charge in [-0.3, -0.25) is 4.57 Å². The number of furan rings is 1. The molecule has 15 nitrogen and oxygen atoms in total. The molecule has 12 rings (SSSR count). The fourth-order valence-electron chi connectivity index (χ4n) is 9.28. The summed E-state index contributed by atoms with van der Waals surface area (Å²) in [5.74, 6) is -9.66. The van der Waals surface area contributed by atoms with Crippen molar-refractivity contribution in [3.05, 3.63) is 121 Å². The van der Waals surface area contributed by atoms with E-state index in [-0.39, 0.29) is 38.9 Å². The first kappa shape index (κ1) is 38.1. The van der Waals surface area contributed by atoms with E-state index in [1.807, 2.05) is 91.0 Å². The average Bonchev–Trinajstić information content (AvgIpc) is 3.92. The molecule has 0 bridgehead atoms. The molecule has 0 atom stereocenters. The molecular formula is C51H30N4O11. The Bertz CT molecular complexity index is 3920. The van der Waals surface area contributed by atoms with Gasteiger partial charge in [-0.15, -0.1) is 0 Å². The molecule has 0 spiro atoms. The summed E-state index contributed by atoms with van der Waals surface area (Å²) >= 11 is 0. The fourth-order valence-corrected chi connectivity index (χ4v) is 9.28. The highest BCUT2D eigenvalue weighted by Gasteiger charge is 2.36. The van der Waals surface area contributed by atoms with E-state index in [0.717, 1.165) is 22.3 Å². The number of benzene rings is 9. The van der Waals surface area contributed by atoms with Gasteiger partial charge in [0.05, 0.1) is 11.3 Å². The Labute approximate surface area is 369 Å². The van der Waals surface area contributed by atoms with Crippen LogP contribution in [0.15, 0.2) is 126 Å². The van der Waals surface area contributed by atoms with Crippen molar-refractivity contribution >= 4 is 65.3 Å². The third-order valence-corrected chi connectivity index (χ3v) is 12.3. The fraction of sp³-hybridized carbons (Fsp3) is 0. The number of aromatic nitrogens is 4. The van der Waals surface area contributed by atoms with E-state index in [2.05, 4.69) is 0 Å². The van der Waals surface area contributed by atoms with E-state index in [4.69, 9.17) is 19.4 Å². The van der Waals surface area contributed by atoms with Gasteiger partial charge in [-0.05, 0) is 23.3 Å². The summed E-state index contributed by atoms with van der Waals surface area (Å²) < 4.78 is 8.01. The van der Waals surface area contributed by atoms with E-state index in [9.17, 15) is 51.1 Å². The molecule has 0 saturated heterocycles. The zero-order valence-electron chi connectivity index (χ0n) is 33.7. The largest absolute Gasteiger partial charge is 0.504 e. The van der Waals surface area contributed by atoms with Crippen molar-refractivity contribution in [3.63, 3.8) is 0 Å². The lowest BCUT2D eigenvalue weighted by Crippen LogP contribution is -2.00. The smallest absolute Gasteiger partial charge is 0.204 e. The van der Waals surface area contributed by atoms with Crippen molar-refractivity contribution in [1.82, 2.24) is 19.5 Å². The minimum atomic E-state index is -1.21. The number of nitrogens with zero attached hydrogens (tertiary/aromatic N) is 4. The number of rotatable bonds is 5. The third kappa shape index (κ3) is 4.98. The van der Waals surface area contributed by atoms with Crippen LogP contribution in [-0.4, -0.2) is 70.6 Å². The highest BCUT2D eigenvalue weighted by atomic mass is 16.4. The number of fused-ring (bicyclic) bond motifs is 6. The molecule has 66 heavy (non-hydrogen) atoms. The van der Waals surface area contributed by atoms with Crippen LogP contribution in [0.2, 0.25) is 0 Å². The minimum absolute atomic E-state index is 0.0947. The van der Waals surface area contributed by atoms with Crippen molar-refractivity contribution < 1.29 is 55.5 Å². The average molecular weight is 875 g/mol. The second-order valence-electron chi connectivity index (χ2n) is 15.8. The van der Waals surface area contributed by atoms with Crippen molar-refractivity contribution in [3.8, 4) is 108 Å². The van der Waals surface area contributed by atoms with Gasteiger partial charge < -0.3 is 55.5 Å². The summed E-state index contributed by atoms with van der Waals surface area (Å²) in [6.45, 7) is 0. The maximum Gasteiger partial charge on any atom is 0.204 e. The lowest BCUT2D eigenvalue weighted by molar-refractivity contribution is 0.350. The van der Waals surface area contributed by atoms with E-state index >= 15 is 0 Å². The lowest BCUT2D eigenvalue weighted by Gasteiger charge is -2.17. The summed E-state index contributed by atoms with van der Waals surface area (Å²) in [6, 6.07) is 37.7. The van der Waals surface area contributed by atoms with Gasteiger partial charge in [0.25, 0.3) is 0 Å². The number of phenolic OH excluding ortho intramolecular Hbond substituents is 10. The molecule has 320 valence electrons. The molecule has 12 aromatic rings. The molecule has 10 N–H and O–H groups in total. The molecule has 0 aliphatic carbocycles. The SMILES string of the molecule is Oc1c(O)c(O)c2c(c1O)c1c(O)c(O)c(O)c3c1c1c2c(O)c(O)c(O)c1n3-c1cccc2c1oc1c(-c3nc(-c4ccccc4)nc(-c4ccc(-c5ccccc5)cc4)n3)cccc12. The standard InChI is InChI=1S/C51H30N4O11/c56-37-31-29-30-32(34-33(31)39(58)45(64)46(65)40(34)59)38(57)44(63)42(61)36(30)55(35(29)41(60)43(37)62)28-16-8-14-26-25-13-7-15-27(47(25)66-48(26)28)51-53-49(23-11-5-2-6-12-23)52-50(54-51)24-19-17-22(18-20-24)21-9-3-1-4-10-21/h1-20,56-65H. The molecule has 0 saturated carbocycles. The topological polar surface area (TPSA) is 259 Å². The third-order valence-electron chi connectivity index (χ3n) is 12.3. The highest BCUT2D eigenvalue weighted by Crippen LogP contribution is 2.63. The lowest BCUT2D eigenvalue weighted by atomic mass is 9.90. The quantitative estimate of drug-likeness (QED) is 0.0438. The summed E-state index contributed by atoms with van der Waals surface area (Å²) in [5.41, 5.74) is 3.92. The Hall–Kier alpha value is -9.63. The van der Waals surface area contributed by atoms with E-state index in [0.29, 0.717) is 33.6 Å². The van der Waals surface area contributed by atoms with Gasteiger partial charge in [-0.1, -0.05) is 109 Å².